The van der Waals surface area contributed by atoms with Crippen LogP contribution in [-0.4, -0.2) is 179 Å². The Morgan fingerprint density at radius 3 is 1.82 bits per heavy atom. The first-order chi connectivity index (χ1) is 36.0. The molecule has 3 rings (SSSR count). The second-order valence-electron chi connectivity index (χ2n) is 22.0. The first kappa shape index (κ1) is 65.4. The van der Waals surface area contributed by atoms with Crippen LogP contribution in [-0.2, 0) is 60.7 Å². The molecule has 2 aromatic carbocycles. The zero-order valence-electron chi connectivity index (χ0n) is 48.0. The van der Waals surface area contributed by atoms with Gasteiger partial charge in [-0.1, -0.05) is 106 Å². The number of amides is 8. The third-order valence-electron chi connectivity index (χ3n) is 14.9. The highest BCUT2D eigenvalue weighted by Crippen LogP contribution is 2.25. The molecule has 4 unspecified atom stereocenters. The number of nitrogens with one attached hydrogen (secondary N) is 3. The van der Waals surface area contributed by atoms with Crippen LogP contribution in [0.15, 0.2) is 59.1 Å². The van der Waals surface area contributed by atoms with Crippen molar-refractivity contribution in [3.63, 3.8) is 0 Å². The molecule has 0 saturated carbocycles. The highest BCUT2D eigenvalue weighted by molar-refractivity contribution is 9.10. The number of carbonyl (C=O) groups is 9. The maximum atomic E-state index is 15.0. The van der Waals surface area contributed by atoms with Crippen LogP contribution in [0.3, 0.4) is 0 Å². The molecule has 1 aliphatic heterocycles. The minimum atomic E-state index is -1.73. The van der Waals surface area contributed by atoms with Crippen LogP contribution < -0.4 is 16.0 Å². The second-order valence-corrected chi connectivity index (χ2v) is 23.0. The molecule has 0 aromatic heterocycles. The van der Waals surface area contributed by atoms with Crippen molar-refractivity contribution in [3.05, 3.63) is 70.2 Å². The van der Waals surface area contributed by atoms with Crippen molar-refractivity contribution < 1.29 is 53.0 Å². The number of esters is 1. The van der Waals surface area contributed by atoms with Crippen LogP contribution in [0, 0.1) is 23.7 Å². The predicted molar refractivity (Wildman–Crippen MR) is 297 cm³/mol. The van der Waals surface area contributed by atoms with Crippen molar-refractivity contribution >= 4 is 69.7 Å². The van der Waals surface area contributed by atoms with Gasteiger partial charge >= 0.3 is 5.97 Å². The lowest BCUT2D eigenvalue weighted by molar-refractivity contribution is -0.175. The molecule has 1 aliphatic rings. The average Bonchev–Trinajstić information content (AvgIpc) is 3.89. The Balaban J connectivity index is 1.92. The number of hydrogen-bond acceptors (Lipinski definition) is 11. The molecule has 11 atom stereocenters. The Kier molecular flexibility index (Phi) is 25.3. The Morgan fingerprint density at radius 2 is 1.29 bits per heavy atom. The third kappa shape index (κ3) is 18.4. The third-order valence-corrected chi connectivity index (χ3v) is 15.5. The second kappa shape index (κ2) is 29.7. The van der Waals surface area contributed by atoms with Crippen LogP contribution in [0.25, 0.3) is 0 Å². The summed E-state index contributed by atoms with van der Waals surface area (Å²) < 4.78 is 6.54. The molecule has 19 nitrogen and oxygen atoms in total. The molecule has 77 heavy (non-hydrogen) atoms. The van der Waals surface area contributed by atoms with E-state index in [1.807, 2.05) is 51.1 Å². The minimum absolute atomic E-state index is 0.00689. The van der Waals surface area contributed by atoms with Gasteiger partial charge in [0.25, 0.3) is 5.91 Å². The summed E-state index contributed by atoms with van der Waals surface area (Å²) in [4.78, 5) is 131. The molecule has 2 aromatic rings. The normalized spacial score (nSPS) is 17.4. The highest BCUT2D eigenvalue weighted by atomic mass is 79.9. The number of likely N-dealkylation sites (tertiary alicyclic amines) is 1. The summed E-state index contributed by atoms with van der Waals surface area (Å²) in [5, 5.41) is 19.6. The first-order valence-corrected chi connectivity index (χ1v) is 27.7. The van der Waals surface area contributed by atoms with Crippen LogP contribution in [0.5, 0.6) is 0 Å². The molecule has 1 heterocycles. The molecule has 0 aliphatic carbocycles. The maximum Gasteiger partial charge on any atom is 0.332 e. The molecule has 1 fully saturated rings. The van der Waals surface area contributed by atoms with Gasteiger partial charge in [0.2, 0.25) is 41.9 Å². The van der Waals surface area contributed by atoms with E-state index in [0.717, 1.165) is 26.3 Å². The van der Waals surface area contributed by atoms with Gasteiger partial charge in [-0.25, -0.2) is 4.79 Å². The SMILES string of the molecule is CCC(C)[C@H](NC(=O)[C@@H]1CCN(C(=O)C(Cc2ccc(Br)cc2)N(C)C(=O)C(Cc2ccccc2)NC(=O)[C@H](C)N(C)C(=O)C(OC(=O)[C@@H](N(C)C=O)C(C)(C)O)[C@H](C)CC)C1)C(=O)N(C)[C@@H](C)C(=O)N[C@H](C)CC(C)C. The van der Waals surface area contributed by atoms with Gasteiger partial charge in [0.05, 0.1) is 11.5 Å². The number of rotatable bonds is 28. The van der Waals surface area contributed by atoms with Gasteiger partial charge < -0.3 is 50.3 Å². The molecular weight excluding hydrogens is 1050 g/mol. The Hall–Kier alpha value is -5.89. The van der Waals surface area contributed by atoms with E-state index in [0.29, 0.717) is 30.7 Å². The van der Waals surface area contributed by atoms with E-state index in [1.165, 1.54) is 51.7 Å². The van der Waals surface area contributed by atoms with E-state index < -0.39 is 101 Å². The monoisotopic (exact) mass is 1140 g/mol. The maximum absolute atomic E-state index is 15.0. The van der Waals surface area contributed by atoms with Crippen LogP contribution in [0.2, 0.25) is 0 Å². The topological polar surface area (TPSA) is 235 Å². The Labute approximate surface area is 465 Å². The van der Waals surface area contributed by atoms with Gasteiger partial charge in [-0.3, -0.25) is 38.4 Å². The molecule has 0 radical (unpaired) electrons. The number of likely N-dealkylation sites (N-methyl/N-ethyl adjacent to an activating group) is 4. The van der Waals surface area contributed by atoms with Gasteiger partial charge in [-0.05, 0) is 89.0 Å². The van der Waals surface area contributed by atoms with Gasteiger partial charge in [-0.15, -0.1) is 0 Å². The van der Waals surface area contributed by atoms with E-state index in [2.05, 4.69) is 45.7 Å². The number of benzene rings is 2. The molecule has 4 N–H and O–H groups in total. The summed E-state index contributed by atoms with van der Waals surface area (Å²) in [6.45, 7) is 19.3. The summed E-state index contributed by atoms with van der Waals surface area (Å²) in [6, 6.07) is 9.41. The van der Waals surface area contributed by atoms with Crippen molar-refractivity contribution in [1.29, 1.82) is 0 Å². The van der Waals surface area contributed by atoms with E-state index >= 15 is 4.79 Å². The fourth-order valence-corrected chi connectivity index (χ4v) is 9.69. The van der Waals surface area contributed by atoms with Crippen molar-refractivity contribution in [2.75, 3.05) is 41.3 Å². The zero-order valence-corrected chi connectivity index (χ0v) is 49.6. The number of carbonyl (C=O) groups excluding carboxylic acids is 9. The molecule has 20 heteroatoms. The average molecular weight is 1140 g/mol. The van der Waals surface area contributed by atoms with Gasteiger partial charge in [0, 0.05) is 70.6 Å². The Bertz CT molecular complexity index is 2330. The van der Waals surface area contributed by atoms with E-state index in [1.54, 1.807) is 57.0 Å². The molecule has 428 valence electrons. The number of aliphatic hydroxyl groups is 1. The van der Waals surface area contributed by atoms with Crippen LogP contribution in [0.1, 0.15) is 113 Å². The highest BCUT2D eigenvalue weighted by Gasteiger charge is 2.44. The molecule has 0 spiro atoms. The van der Waals surface area contributed by atoms with Crippen LogP contribution in [0.4, 0.5) is 0 Å². The van der Waals surface area contributed by atoms with Crippen molar-refractivity contribution in [3.8, 4) is 0 Å². The summed E-state index contributed by atoms with van der Waals surface area (Å²) in [5.74, 6) is -5.77. The molecular formula is C57H87BrN8O11. The van der Waals surface area contributed by atoms with E-state index in [-0.39, 0.29) is 50.2 Å². The number of halogens is 1. The summed E-state index contributed by atoms with van der Waals surface area (Å²) in [5.41, 5.74) is -0.306. The standard InChI is InChI=1S/C57H87BrN8O11/c1-16-35(5)46(54(73)63(13)38(8)49(68)59-37(7)29-34(3)4)61-51(70)42-27-28-66(32-42)53(72)45(31-41-23-25-43(58)26-24-41)65(15)52(71)44(30-40-21-19-18-20-22-40)60-50(69)39(9)64(14)55(74)47(36(6)17-2)77-56(75)48(57(10,11)76)62(12)33-67/h18-26,33-39,42,44-48,76H,16-17,27-32H2,1-15H3,(H,59,68)(H,60,69)(H,61,70)/t35?,36-,37-,38+,39+,42-,44?,45?,46+,47?,48-/m1/s1. The summed E-state index contributed by atoms with van der Waals surface area (Å²) in [6.07, 6.45) is 1.05. The smallest absolute Gasteiger partial charge is 0.332 e. The van der Waals surface area contributed by atoms with Crippen molar-refractivity contribution in [1.82, 2.24) is 40.4 Å². The van der Waals surface area contributed by atoms with E-state index in [4.69, 9.17) is 4.74 Å². The lowest BCUT2D eigenvalue weighted by Crippen LogP contribution is -2.59. The van der Waals surface area contributed by atoms with Crippen molar-refractivity contribution in [2.45, 2.75) is 169 Å². The number of ether oxygens (including phenoxy) is 1. The first-order valence-electron chi connectivity index (χ1n) is 26.9. The largest absolute Gasteiger partial charge is 0.450 e. The minimum Gasteiger partial charge on any atom is -0.450 e. The molecule has 8 amide bonds. The lowest BCUT2D eigenvalue weighted by Gasteiger charge is -2.36. The fourth-order valence-electron chi connectivity index (χ4n) is 9.43. The lowest BCUT2D eigenvalue weighted by atomic mass is 9.96. The summed E-state index contributed by atoms with van der Waals surface area (Å²) >= 11 is 3.47. The Morgan fingerprint density at radius 1 is 0.740 bits per heavy atom. The number of hydrogen-bond donors (Lipinski definition) is 4. The predicted octanol–water partition coefficient (Wildman–Crippen LogP) is 4.36. The van der Waals surface area contributed by atoms with Gasteiger partial charge in [0.1, 0.15) is 30.2 Å². The quantitative estimate of drug-likeness (QED) is 0.0691. The van der Waals surface area contributed by atoms with Gasteiger partial charge in [0.15, 0.2) is 12.1 Å². The zero-order chi connectivity index (χ0) is 58.2. The fraction of sp³-hybridized carbons (Fsp3) is 0.632. The van der Waals surface area contributed by atoms with Gasteiger partial charge in [-0.2, -0.15) is 0 Å². The summed E-state index contributed by atoms with van der Waals surface area (Å²) in [7, 11) is 5.72. The number of nitrogens with zero attached hydrogens (tertiary/aromatic N) is 5. The molecule has 0 bridgehead atoms. The van der Waals surface area contributed by atoms with Crippen LogP contribution >= 0.6 is 15.9 Å². The molecule has 1 saturated heterocycles. The van der Waals surface area contributed by atoms with Crippen molar-refractivity contribution in [2.24, 2.45) is 23.7 Å². The van der Waals surface area contributed by atoms with E-state index in [9.17, 15) is 43.5 Å².